The van der Waals surface area contributed by atoms with E-state index in [-0.39, 0.29) is 23.6 Å². The third-order valence-electron chi connectivity index (χ3n) is 4.32. The first kappa shape index (κ1) is 22.3. The van der Waals surface area contributed by atoms with Gasteiger partial charge in [0.1, 0.15) is 12.1 Å². The molecule has 1 aliphatic heterocycles. The van der Waals surface area contributed by atoms with Crippen LogP contribution in [0.2, 0.25) is 5.02 Å². The van der Waals surface area contributed by atoms with E-state index in [0.29, 0.717) is 30.4 Å². The van der Waals surface area contributed by atoms with Gasteiger partial charge in [-0.25, -0.2) is 9.78 Å². The summed E-state index contributed by atoms with van der Waals surface area (Å²) in [6.07, 6.45) is 2.10. The number of urea groups is 1. The Morgan fingerprint density at radius 1 is 1.25 bits per heavy atom. The molecule has 8 heteroatoms. The molecule has 2 N–H and O–H groups in total. The van der Waals surface area contributed by atoms with Gasteiger partial charge in [-0.05, 0) is 32.3 Å². The van der Waals surface area contributed by atoms with E-state index in [1.54, 1.807) is 17.0 Å². The van der Waals surface area contributed by atoms with Gasteiger partial charge in [0.15, 0.2) is 0 Å². The molecule has 0 bridgehead atoms. The molecule has 1 aromatic rings. The molecule has 156 valence electrons. The summed E-state index contributed by atoms with van der Waals surface area (Å²) >= 11 is 5.84. The highest BCUT2D eigenvalue weighted by molar-refractivity contribution is 6.30. The third-order valence-corrected chi connectivity index (χ3v) is 4.54. The number of ether oxygens (including phenoxy) is 1. The SMILES string of the molecule is CC(C)(C)NC(=O)N[C@@H](C(=O)N1CC[C@@H](Oc2ccc(Cl)cn2)C1)C(C)(C)C. The maximum atomic E-state index is 13.1. The second-order valence-corrected chi connectivity index (χ2v) is 9.71. The van der Waals surface area contributed by atoms with Crippen molar-refractivity contribution in [2.75, 3.05) is 13.1 Å². The van der Waals surface area contributed by atoms with Gasteiger partial charge in [0.05, 0.1) is 11.6 Å². The van der Waals surface area contributed by atoms with Crippen LogP contribution < -0.4 is 15.4 Å². The summed E-state index contributed by atoms with van der Waals surface area (Å²) in [7, 11) is 0. The Hall–Kier alpha value is -2.02. The van der Waals surface area contributed by atoms with Gasteiger partial charge in [-0.15, -0.1) is 0 Å². The summed E-state index contributed by atoms with van der Waals surface area (Å²) in [5, 5.41) is 6.25. The molecule has 1 saturated heterocycles. The highest BCUT2D eigenvalue weighted by Gasteiger charge is 2.39. The molecular formula is C20H31ClN4O3. The fourth-order valence-corrected chi connectivity index (χ4v) is 3.08. The number of nitrogens with zero attached hydrogens (tertiary/aromatic N) is 2. The summed E-state index contributed by atoms with van der Waals surface area (Å²) < 4.78 is 5.86. The predicted octanol–water partition coefficient (Wildman–Crippen LogP) is 3.23. The summed E-state index contributed by atoms with van der Waals surface area (Å²) in [5.41, 5.74) is -0.809. The Kier molecular flexibility index (Phi) is 6.80. The van der Waals surface area contributed by atoms with Gasteiger partial charge in [-0.3, -0.25) is 4.79 Å². The Balaban J connectivity index is 2.00. The first-order valence-electron chi connectivity index (χ1n) is 9.51. The fraction of sp³-hybridized carbons (Fsp3) is 0.650. The standard InChI is InChI=1S/C20H31ClN4O3/c1-19(2,3)16(23-18(27)24-20(4,5)6)17(26)25-10-9-14(12-25)28-15-8-7-13(21)11-22-15/h7-8,11,14,16H,9-10,12H2,1-6H3,(H2,23,24,27)/t14-,16+/m1/s1. The number of pyridine rings is 1. The molecule has 0 aromatic carbocycles. The first-order chi connectivity index (χ1) is 12.8. The van der Waals surface area contributed by atoms with E-state index in [1.165, 1.54) is 6.20 Å². The zero-order valence-corrected chi connectivity index (χ0v) is 18.3. The molecule has 2 heterocycles. The number of carbonyl (C=O) groups is 2. The molecule has 1 aromatic heterocycles. The summed E-state index contributed by atoms with van der Waals surface area (Å²) in [6.45, 7) is 12.5. The van der Waals surface area contributed by atoms with E-state index >= 15 is 0 Å². The van der Waals surface area contributed by atoms with Gasteiger partial charge < -0.3 is 20.3 Å². The van der Waals surface area contributed by atoms with Crippen LogP contribution in [0.15, 0.2) is 18.3 Å². The molecule has 1 aliphatic rings. The first-order valence-corrected chi connectivity index (χ1v) is 9.88. The van der Waals surface area contributed by atoms with Gasteiger partial charge in [0.2, 0.25) is 11.8 Å². The van der Waals surface area contributed by atoms with E-state index in [9.17, 15) is 9.59 Å². The lowest BCUT2D eigenvalue weighted by Gasteiger charge is -2.34. The lowest BCUT2D eigenvalue weighted by molar-refractivity contribution is -0.135. The molecule has 0 saturated carbocycles. The van der Waals surface area contributed by atoms with Crippen molar-refractivity contribution in [3.8, 4) is 5.88 Å². The van der Waals surface area contributed by atoms with E-state index < -0.39 is 11.5 Å². The molecule has 0 unspecified atom stereocenters. The molecule has 2 atom stereocenters. The third kappa shape index (κ3) is 6.55. The molecule has 1 fully saturated rings. The van der Waals surface area contributed by atoms with Crippen LogP contribution in [-0.4, -0.2) is 52.6 Å². The minimum Gasteiger partial charge on any atom is -0.472 e. The largest absolute Gasteiger partial charge is 0.472 e. The Morgan fingerprint density at radius 2 is 1.93 bits per heavy atom. The zero-order chi connectivity index (χ0) is 21.1. The average molecular weight is 411 g/mol. The Bertz CT molecular complexity index is 695. The minimum atomic E-state index is -0.637. The van der Waals surface area contributed by atoms with E-state index in [2.05, 4.69) is 15.6 Å². The molecular weight excluding hydrogens is 380 g/mol. The van der Waals surface area contributed by atoms with Crippen LogP contribution in [-0.2, 0) is 4.79 Å². The molecule has 28 heavy (non-hydrogen) atoms. The van der Waals surface area contributed by atoms with Crippen LogP contribution in [0.4, 0.5) is 4.79 Å². The predicted molar refractivity (Wildman–Crippen MR) is 110 cm³/mol. The quantitative estimate of drug-likeness (QED) is 0.798. The normalized spacial score (nSPS) is 18.5. The maximum absolute atomic E-state index is 13.1. The van der Waals surface area contributed by atoms with E-state index in [0.717, 1.165) is 0 Å². The minimum absolute atomic E-state index is 0.105. The van der Waals surface area contributed by atoms with E-state index in [1.807, 2.05) is 41.5 Å². The van der Waals surface area contributed by atoms with Crippen molar-refractivity contribution in [3.05, 3.63) is 23.4 Å². The second-order valence-electron chi connectivity index (χ2n) is 9.27. The van der Waals surface area contributed by atoms with Crippen LogP contribution >= 0.6 is 11.6 Å². The number of rotatable bonds is 4. The van der Waals surface area contributed by atoms with Crippen LogP contribution in [0.1, 0.15) is 48.0 Å². The van der Waals surface area contributed by atoms with Gasteiger partial charge in [0.25, 0.3) is 0 Å². The molecule has 2 rings (SSSR count). The number of hydrogen-bond acceptors (Lipinski definition) is 4. The smallest absolute Gasteiger partial charge is 0.315 e. The maximum Gasteiger partial charge on any atom is 0.315 e. The number of carbonyl (C=O) groups excluding carboxylic acids is 2. The average Bonchev–Trinajstić information content (AvgIpc) is 3.00. The number of likely N-dealkylation sites (tertiary alicyclic amines) is 1. The fourth-order valence-electron chi connectivity index (χ4n) is 2.97. The van der Waals surface area contributed by atoms with Crippen molar-refractivity contribution in [2.45, 2.75) is 65.6 Å². The van der Waals surface area contributed by atoms with Crippen LogP contribution in [0, 0.1) is 5.41 Å². The highest BCUT2D eigenvalue weighted by atomic mass is 35.5. The number of amides is 3. The highest BCUT2D eigenvalue weighted by Crippen LogP contribution is 2.24. The van der Waals surface area contributed by atoms with Gasteiger partial charge in [-0.1, -0.05) is 32.4 Å². The van der Waals surface area contributed by atoms with E-state index in [4.69, 9.17) is 16.3 Å². The lowest BCUT2D eigenvalue weighted by Crippen LogP contribution is -2.58. The summed E-state index contributed by atoms with van der Waals surface area (Å²) in [6, 6.07) is 2.44. The van der Waals surface area contributed by atoms with Crippen LogP contribution in [0.3, 0.4) is 0 Å². The van der Waals surface area contributed by atoms with Crippen molar-refractivity contribution in [3.63, 3.8) is 0 Å². The molecule has 0 aliphatic carbocycles. The number of aromatic nitrogens is 1. The van der Waals surface area contributed by atoms with Crippen molar-refractivity contribution >= 4 is 23.5 Å². The number of halogens is 1. The number of hydrogen-bond donors (Lipinski definition) is 2. The van der Waals surface area contributed by atoms with Crippen LogP contribution in [0.5, 0.6) is 5.88 Å². The molecule has 0 spiro atoms. The second kappa shape index (κ2) is 8.55. The monoisotopic (exact) mass is 410 g/mol. The summed E-state index contributed by atoms with van der Waals surface area (Å²) in [4.78, 5) is 31.3. The van der Waals surface area contributed by atoms with Gasteiger partial charge >= 0.3 is 6.03 Å². The number of nitrogens with one attached hydrogen (secondary N) is 2. The Labute approximate surface area is 172 Å². The zero-order valence-electron chi connectivity index (χ0n) is 17.5. The van der Waals surface area contributed by atoms with Crippen LogP contribution in [0.25, 0.3) is 0 Å². The topological polar surface area (TPSA) is 83.6 Å². The Morgan fingerprint density at radius 3 is 2.46 bits per heavy atom. The van der Waals surface area contributed by atoms with Crippen molar-refractivity contribution in [2.24, 2.45) is 5.41 Å². The van der Waals surface area contributed by atoms with Gasteiger partial charge in [0, 0.05) is 30.8 Å². The summed E-state index contributed by atoms with van der Waals surface area (Å²) in [5.74, 6) is 0.380. The van der Waals surface area contributed by atoms with Gasteiger partial charge in [-0.2, -0.15) is 0 Å². The van der Waals surface area contributed by atoms with Crippen molar-refractivity contribution < 1.29 is 14.3 Å². The van der Waals surface area contributed by atoms with Crippen molar-refractivity contribution in [1.82, 2.24) is 20.5 Å². The van der Waals surface area contributed by atoms with Crippen molar-refractivity contribution in [1.29, 1.82) is 0 Å². The molecule has 7 nitrogen and oxygen atoms in total. The lowest BCUT2D eigenvalue weighted by atomic mass is 9.86. The molecule has 0 radical (unpaired) electrons. The molecule has 3 amide bonds.